The summed E-state index contributed by atoms with van der Waals surface area (Å²) in [7, 11) is 1.99. The van der Waals surface area contributed by atoms with Crippen molar-refractivity contribution < 1.29 is 9.53 Å². The second kappa shape index (κ2) is 7.00. The summed E-state index contributed by atoms with van der Waals surface area (Å²) in [4.78, 5) is 13.4. The number of amides is 1. The second-order valence-electron chi connectivity index (χ2n) is 5.91. The second-order valence-corrected chi connectivity index (χ2v) is 5.91. The first-order valence-corrected chi connectivity index (χ1v) is 8.25. The lowest BCUT2D eigenvalue weighted by atomic mass is 10.1. The Balaban J connectivity index is 1.67. The van der Waals surface area contributed by atoms with Crippen molar-refractivity contribution in [2.24, 2.45) is 7.05 Å². The van der Waals surface area contributed by atoms with Crippen molar-refractivity contribution in [3.8, 4) is 0 Å². The zero-order valence-electron chi connectivity index (χ0n) is 14.3. The zero-order valence-corrected chi connectivity index (χ0v) is 14.3. The Labute approximate surface area is 141 Å². The quantitative estimate of drug-likeness (QED) is 0.879. The van der Waals surface area contributed by atoms with Crippen molar-refractivity contribution >= 4 is 11.8 Å². The van der Waals surface area contributed by atoms with Crippen LogP contribution in [0.2, 0.25) is 0 Å². The number of hydrogen-bond donors (Lipinski definition) is 1. The fraction of sp³-hybridized carbons (Fsp3) is 0.471. The lowest BCUT2D eigenvalue weighted by Gasteiger charge is -2.18. The van der Waals surface area contributed by atoms with Crippen LogP contribution in [-0.2, 0) is 24.8 Å². The summed E-state index contributed by atoms with van der Waals surface area (Å²) in [6.45, 7) is 5.85. The van der Waals surface area contributed by atoms with Gasteiger partial charge in [0.05, 0.1) is 13.1 Å². The van der Waals surface area contributed by atoms with Crippen LogP contribution in [0.4, 0.5) is 10.5 Å². The number of aromatic nitrogens is 3. The molecule has 0 spiro atoms. The summed E-state index contributed by atoms with van der Waals surface area (Å²) in [5.41, 5.74) is 1.99. The molecule has 0 bridgehead atoms. The third kappa shape index (κ3) is 3.26. The van der Waals surface area contributed by atoms with Gasteiger partial charge >= 0.3 is 6.09 Å². The number of ether oxygens (including phenoxy) is 1. The predicted octanol–water partition coefficient (Wildman–Crippen LogP) is 2.18. The number of carbonyl (C=O) groups excluding carboxylic acids is 1. The van der Waals surface area contributed by atoms with E-state index in [-0.39, 0.29) is 12.1 Å². The highest BCUT2D eigenvalue weighted by Crippen LogP contribution is 2.23. The zero-order chi connectivity index (χ0) is 17.1. The number of cyclic esters (lactones) is 1. The first-order chi connectivity index (χ1) is 11.6. The van der Waals surface area contributed by atoms with Crippen molar-refractivity contribution in [1.82, 2.24) is 20.1 Å². The minimum atomic E-state index is -0.279. The van der Waals surface area contributed by atoms with Crippen LogP contribution < -0.4 is 10.2 Å². The molecule has 1 fully saturated rings. The van der Waals surface area contributed by atoms with Gasteiger partial charge in [0.2, 0.25) is 0 Å². The Bertz CT molecular complexity index is 728. The van der Waals surface area contributed by atoms with Crippen LogP contribution in [0.3, 0.4) is 0 Å². The number of benzene rings is 1. The van der Waals surface area contributed by atoms with E-state index < -0.39 is 0 Å². The molecule has 24 heavy (non-hydrogen) atoms. The average molecular weight is 329 g/mol. The lowest BCUT2D eigenvalue weighted by molar-refractivity contribution is 0.181. The number of rotatable bonds is 6. The maximum absolute atomic E-state index is 11.7. The van der Waals surface area contributed by atoms with Crippen LogP contribution in [0.15, 0.2) is 24.3 Å². The van der Waals surface area contributed by atoms with E-state index in [4.69, 9.17) is 4.74 Å². The molecule has 1 aromatic heterocycles. The largest absolute Gasteiger partial charge is 0.447 e. The normalized spacial score (nSPS) is 15.6. The van der Waals surface area contributed by atoms with Crippen LogP contribution in [0.5, 0.6) is 0 Å². The lowest BCUT2D eigenvalue weighted by Crippen LogP contribution is -2.24. The average Bonchev–Trinajstić information content (AvgIpc) is 3.18. The number of nitrogens with one attached hydrogen (secondary N) is 1. The van der Waals surface area contributed by atoms with Gasteiger partial charge in [-0.25, -0.2) is 4.79 Å². The Hall–Kier alpha value is -2.41. The Morgan fingerprint density at radius 1 is 1.33 bits per heavy atom. The number of nitrogens with zero attached hydrogens (tertiary/aromatic N) is 4. The third-order valence-electron chi connectivity index (χ3n) is 4.38. The Kier molecular flexibility index (Phi) is 4.80. The molecule has 0 unspecified atom stereocenters. The highest BCUT2D eigenvalue weighted by atomic mass is 16.6. The van der Waals surface area contributed by atoms with E-state index in [2.05, 4.69) is 35.4 Å². The Morgan fingerprint density at radius 2 is 2.12 bits per heavy atom. The molecule has 2 heterocycles. The maximum atomic E-state index is 11.7. The summed E-state index contributed by atoms with van der Waals surface area (Å²) in [6.07, 6.45) is 0.589. The molecular formula is C17H23N5O2. The highest BCUT2D eigenvalue weighted by molar-refractivity contribution is 5.89. The maximum Gasteiger partial charge on any atom is 0.414 e. The molecule has 1 aliphatic heterocycles. The number of carbonyl (C=O) groups is 1. The number of aryl methyl sites for hydroxylation is 1. The van der Waals surface area contributed by atoms with Gasteiger partial charge in [-0.15, -0.1) is 10.2 Å². The van der Waals surface area contributed by atoms with E-state index in [1.54, 1.807) is 4.90 Å². The molecular weight excluding hydrogens is 306 g/mol. The molecule has 3 rings (SSSR count). The molecule has 7 nitrogen and oxygen atoms in total. The minimum Gasteiger partial charge on any atom is -0.447 e. The molecule has 1 atom stereocenters. The molecule has 0 radical (unpaired) electrons. The van der Waals surface area contributed by atoms with E-state index in [1.165, 1.54) is 0 Å². The highest BCUT2D eigenvalue weighted by Gasteiger charge is 2.23. The molecule has 0 aliphatic carbocycles. The number of hydrogen-bond acceptors (Lipinski definition) is 5. The van der Waals surface area contributed by atoms with Crippen LogP contribution in [0.25, 0.3) is 0 Å². The topological polar surface area (TPSA) is 72.3 Å². The van der Waals surface area contributed by atoms with Crippen LogP contribution in [0.1, 0.15) is 37.1 Å². The van der Waals surface area contributed by atoms with E-state index in [0.717, 1.165) is 29.3 Å². The van der Waals surface area contributed by atoms with Gasteiger partial charge in [-0.05, 0) is 24.6 Å². The predicted molar refractivity (Wildman–Crippen MR) is 90.8 cm³/mol. The fourth-order valence-corrected chi connectivity index (χ4v) is 2.81. The molecule has 7 heteroatoms. The Morgan fingerprint density at radius 3 is 2.79 bits per heavy atom. The van der Waals surface area contributed by atoms with E-state index in [0.29, 0.717) is 19.7 Å². The van der Waals surface area contributed by atoms with E-state index in [9.17, 15) is 4.79 Å². The molecule has 2 aromatic rings. The van der Waals surface area contributed by atoms with Crippen molar-refractivity contribution in [3.05, 3.63) is 41.5 Å². The van der Waals surface area contributed by atoms with Crippen molar-refractivity contribution in [2.45, 2.75) is 32.9 Å². The summed E-state index contributed by atoms with van der Waals surface area (Å²) in [6, 6.07) is 8.10. The summed E-state index contributed by atoms with van der Waals surface area (Å²) >= 11 is 0. The first kappa shape index (κ1) is 16.4. The van der Waals surface area contributed by atoms with Crippen LogP contribution in [0, 0.1) is 0 Å². The molecule has 1 aliphatic rings. The molecule has 0 saturated carbocycles. The minimum absolute atomic E-state index is 0.130. The van der Waals surface area contributed by atoms with Gasteiger partial charge in [-0.1, -0.05) is 19.1 Å². The summed E-state index contributed by atoms with van der Waals surface area (Å²) in [5, 5.41) is 11.9. The van der Waals surface area contributed by atoms with E-state index >= 15 is 0 Å². The van der Waals surface area contributed by atoms with Gasteiger partial charge in [0.25, 0.3) is 0 Å². The SMILES string of the molecule is CCc1nnc(CN[C@@H](C)c2cccc(N3CCOC3=O)c2)n1C. The monoisotopic (exact) mass is 329 g/mol. The molecule has 1 amide bonds. The van der Waals surface area contributed by atoms with Gasteiger partial charge in [-0.3, -0.25) is 4.90 Å². The van der Waals surface area contributed by atoms with Gasteiger partial charge < -0.3 is 14.6 Å². The van der Waals surface area contributed by atoms with Gasteiger partial charge in [-0.2, -0.15) is 0 Å². The number of anilines is 1. The summed E-state index contributed by atoms with van der Waals surface area (Å²) in [5.74, 6) is 1.90. The van der Waals surface area contributed by atoms with Crippen molar-refractivity contribution in [2.75, 3.05) is 18.1 Å². The molecule has 1 saturated heterocycles. The molecule has 1 aromatic carbocycles. The standard InChI is InChI=1S/C17H23N5O2/c1-4-15-19-20-16(21(15)3)11-18-12(2)13-6-5-7-14(10-13)22-8-9-24-17(22)23/h5-7,10,12,18H,4,8-9,11H2,1-3H3/t12-/m0/s1. The van der Waals surface area contributed by atoms with Gasteiger partial charge in [0.15, 0.2) is 0 Å². The molecule has 128 valence electrons. The first-order valence-electron chi connectivity index (χ1n) is 8.25. The van der Waals surface area contributed by atoms with Crippen LogP contribution in [-0.4, -0.2) is 34.0 Å². The molecule has 1 N–H and O–H groups in total. The van der Waals surface area contributed by atoms with Crippen molar-refractivity contribution in [1.29, 1.82) is 0 Å². The fourth-order valence-electron chi connectivity index (χ4n) is 2.81. The van der Waals surface area contributed by atoms with Gasteiger partial charge in [0, 0.05) is 25.2 Å². The van der Waals surface area contributed by atoms with E-state index in [1.807, 2.05) is 29.8 Å². The van der Waals surface area contributed by atoms with Crippen molar-refractivity contribution in [3.63, 3.8) is 0 Å². The van der Waals surface area contributed by atoms with Crippen LogP contribution >= 0.6 is 0 Å². The van der Waals surface area contributed by atoms with Gasteiger partial charge in [0.1, 0.15) is 18.3 Å². The third-order valence-corrected chi connectivity index (χ3v) is 4.38. The smallest absolute Gasteiger partial charge is 0.414 e. The summed E-state index contributed by atoms with van der Waals surface area (Å²) < 4.78 is 7.03.